The van der Waals surface area contributed by atoms with E-state index in [1.54, 1.807) is 34.2 Å². The lowest BCUT2D eigenvalue weighted by Gasteiger charge is -2.32. The van der Waals surface area contributed by atoms with Crippen molar-refractivity contribution in [2.45, 2.75) is 44.6 Å². The van der Waals surface area contributed by atoms with Crippen LogP contribution in [0.5, 0.6) is 17.4 Å². The van der Waals surface area contributed by atoms with Crippen LogP contribution in [0.15, 0.2) is 42.6 Å². The number of β-amino-alcohol motifs (C(OH)–C–C–N with tert-alkyl or cyclic N) is 1. The third-order valence-corrected chi connectivity index (χ3v) is 6.00. The Hall–Kier alpha value is -3.13. The molecule has 8 heteroatoms. The number of para-hydroxylation sites is 2. The molecule has 1 aromatic carbocycles. The summed E-state index contributed by atoms with van der Waals surface area (Å²) >= 11 is 0. The van der Waals surface area contributed by atoms with Crippen molar-refractivity contribution in [3.63, 3.8) is 0 Å². The smallest absolute Gasteiger partial charge is 0.259 e. The van der Waals surface area contributed by atoms with Crippen molar-refractivity contribution in [1.82, 2.24) is 14.8 Å². The van der Waals surface area contributed by atoms with Crippen LogP contribution in [0, 0.1) is 0 Å². The van der Waals surface area contributed by atoms with E-state index in [0.717, 1.165) is 32.1 Å². The van der Waals surface area contributed by atoms with Gasteiger partial charge in [-0.3, -0.25) is 9.59 Å². The predicted octanol–water partition coefficient (Wildman–Crippen LogP) is 3.25. The Kier molecular flexibility index (Phi) is 7.78. The molecule has 1 fully saturated rings. The van der Waals surface area contributed by atoms with E-state index in [-0.39, 0.29) is 24.2 Å². The molecule has 0 aliphatic carbocycles. The Morgan fingerprint density at radius 2 is 1.85 bits per heavy atom. The maximum Gasteiger partial charge on any atom is 0.259 e. The summed E-state index contributed by atoms with van der Waals surface area (Å²) < 4.78 is 11.9. The van der Waals surface area contributed by atoms with Gasteiger partial charge in [-0.15, -0.1) is 0 Å². The van der Waals surface area contributed by atoms with Crippen LogP contribution in [-0.4, -0.2) is 70.6 Å². The van der Waals surface area contributed by atoms with Crippen LogP contribution in [0.1, 0.15) is 48.9 Å². The zero-order chi connectivity index (χ0) is 23.0. The minimum atomic E-state index is -0.502. The lowest BCUT2D eigenvalue weighted by Crippen LogP contribution is -2.48. The molecule has 0 saturated carbocycles. The molecule has 4 rings (SSSR count). The first kappa shape index (κ1) is 23.0. The Balaban J connectivity index is 1.59. The summed E-state index contributed by atoms with van der Waals surface area (Å²) in [5.41, 5.74) is 0.302. The van der Waals surface area contributed by atoms with Crippen LogP contribution in [-0.2, 0) is 4.79 Å². The summed E-state index contributed by atoms with van der Waals surface area (Å²) in [6.07, 6.45) is 6.12. The number of carbonyl (C=O) groups excluding carboxylic acids is 2. The molecule has 1 atom stereocenters. The fraction of sp³-hybridized carbons (Fsp3) is 0.480. The first-order valence-corrected chi connectivity index (χ1v) is 11.7. The number of rotatable bonds is 2. The summed E-state index contributed by atoms with van der Waals surface area (Å²) in [6, 6.07) is 10.7. The van der Waals surface area contributed by atoms with Gasteiger partial charge < -0.3 is 24.4 Å². The average molecular weight is 454 g/mol. The molecule has 2 aliphatic heterocycles. The Morgan fingerprint density at radius 1 is 1.03 bits per heavy atom. The third-order valence-electron chi connectivity index (χ3n) is 6.00. The van der Waals surface area contributed by atoms with E-state index < -0.39 is 6.10 Å². The molecule has 0 bridgehead atoms. The number of nitrogens with zero attached hydrogens (tertiary/aromatic N) is 3. The van der Waals surface area contributed by atoms with Crippen molar-refractivity contribution in [3.8, 4) is 17.4 Å². The van der Waals surface area contributed by atoms with Gasteiger partial charge in [0, 0.05) is 25.8 Å². The van der Waals surface area contributed by atoms with Gasteiger partial charge >= 0.3 is 0 Å². The second kappa shape index (κ2) is 11.1. The molecule has 1 unspecified atom stereocenters. The van der Waals surface area contributed by atoms with E-state index in [1.165, 1.54) is 0 Å². The molecule has 2 aromatic rings. The SMILES string of the molecule is O=C(CN1CCCCCCOc2ccccc2Oc2ncccc2C1=O)N1CCCC(O)C1. The van der Waals surface area contributed by atoms with E-state index in [1.807, 2.05) is 18.2 Å². The number of carbonyl (C=O) groups is 2. The standard InChI is InChI=1S/C25H31N3O5/c29-19-9-8-15-27(17-19)23(30)18-28-14-5-1-2-6-16-32-21-11-3-4-12-22(21)33-24-20(25(28)31)10-7-13-26-24/h3-4,7,10-13,19,29H,1-2,5-6,8-9,14-18H2. The van der Waals surface area contributed by atoms with E-state index in [0.29, 0.717) is 49.7 Å². The highest BCUT2D eigenvalue weighted by molar-refractivity contribution is 5.98. The first-order valence-electron chi connectivity index (χ1n) is 11.7. The first-order chi connectivity index (χ1) is 16.1. The average Bonchev–Trinajstić information content (AvgIpc) is 2.83. The monoisotopic (exact) mass is 453 g/mol. The van der Waals surface area contributed by atoms with Crippen LogP contribution in [0.4, 0.5) is 0 Å². The molecule has 3 heterocycles. The molecule has 1 aromatic heterocycles. The zero-order valence-corrected chi connectivity index (χ0v) is 18.8. The molecular weight excluding hydrogens is 422 g/mol. The van der Waals surface area contributed by atoms with Gasteiger partial charge in [0.05, 0.1) is 12.7 Å². The summed E-state index contributed by atoms with van der Waals surface area (Å²) in [4.78, 5) is 34.1. The van der Waals surface area contributed by atoms with E-state index in [2.05, 4.69) is 4.98 Å². The molecular formula is C25H31N3O5. The second-order valence-corrected chi connectivity index (χ2v) is 8.53. The summed E-state index contributed by atoms with van der Waals surface area (Å²) in [7, 11) is 0. The highest BCUT2D eigenvalue weighted by atomic mass is 16.5. The normalized spacial score (nSPS) is 20.0. The quantitative estimate of drug-likeness (QED) is 0.751. The van der Waals surface area contributed by atoms with Gasteiger partial charge in [0.2, 0.25) is 11.8 Å². The number of benzene rings is 1. The number of pyridine rings is 1. The van der Waals surface area contributed by atoms with Crippen LogP contribution in [0.2, 0.25) is 0 Å². The number of hydrogen-bond donors (Lipinski definition) is 1. The number of piperidine rings is 1. The number of aromatic nitrogens is 1. The van der Waals surface area contributed by atoms with Gasteiger partial charge in [0.1, 0.15) is 12.1 Å². The fourth-order valence-electron chi connectivity index (χ4n) is 4.20. The van der Waals surface area contributed by atoms with Gasteiger partial charge in [-0.1, -0.05) is 25.0 Å². The number of aliphatic hydroxyl groups is 1. The maximum absolute atomic E-state index is 13.6. The molecule has 176 valence electrons. The molecule has 0 spiro atoms. The largest absolute Gasteiger partial charge is 0.490 e. The molecule has 2 aliphatic rings. The van der Waals surface area contributed by atoms with Gasteiger partial charge in [0.15, 0.2) is 11.5 Å². The third kappa shape index (κ3) is 6.01. The minimum absolute atomic E-state index is 0.0282. The second-order valence-electron chi connectivity index (χ2n) is 8.53. The lowest BCUT2D eigenvalue weighted by atomic mass is 10.1. The molecule has 8 nitrogen and oxygen atoms in total. The topological polar surface area (TPSA) is 92.2 Å². The highest BCUT2D eigenvalue weighted by Gasteiger charge is 2.27. The van der Waals surface area contributed by atoms with Gasteiger partial charge in [-0.05, 0) is 49.9 Å². The summed E-state index contributed by atoms with van der Waals surface area (Å²) in [5, 5.41) is 9.95. The summed E-state index contributed by atoms with van der Waals surface area (Å²) in [6.45, 7) is 1.94. The summed E-state index contributed by atoms with van der Waals surface area (Å²) in [5.74, 6) is 0.843. The Morgan fingerprint density at radius 3 is 2.70 bits per heavy atom. The number of amides is 2. The molecule has 1 N–H and O–H groups in total. The minimum Gasteiger partial charge on any atom is -0.490 e. The van der Waals surface area contributed by atoms with Crippen molar-refractivity contribution in [1.29, 1.82) is 0 Å². The van der Waals surface area contributed by atoms with Crippen molar-refractivity contribution in [3.05, 3.63) is 48.2 Å². The van der Waals surface area contributed by atoms with Crippen LogP contribution < -0.4 is 9.47 Å². The van der Waals surface area contributed by atoms with Crippen molar-refractivity contribution < 1.29 is 24.2 Å². The Labute approximate surface area is 194 Å². The van der Waals surface area contributed by atoms with Crippen LogP contribution >= 0.6 is 0 Å². The number of hydrogen-bond acceptors (Lipinski definition) is 6. The van der Waals surface area contributed by atoms with E-state index >= 15 is 0 Å². The number of aliphatic hydroxyl groups excluding tert-OH is 1. The maximum atomic E-state index is 13.6. The fourth-order valence-corrected chi connectivity index (χ4v) is 4.20. The van der Waals surface area contributed by atoms with Crippen molar-refractivity contribution in [2.24, 2.45) is 0 Å². The molecule has 1 saturated heterocycles. The lowest BCUT2D eigenvalue weighted by molar-refractivity contribution is -0.134. The van der Waals surface area contributed by atoms with Gasteiger partial charge in [-0.2, -0.15) is 0 Å². The van der Waals surface area contributed by atoms with Crippen molar-refractivity contribution in [2.75, 3.05) is 32.8 Å². The molecule has 33 heavy (non-hydrogen) atoms. The number of likely N-dealkylation sites (tertiary alicyclic amines) is 1. The predicted molar refractivity (Wildman–Crippen MR) is 122 cm³/mol. The molecule has 0 radical (unpaired) electrons. The van der Waals surface area contributed by atoms with Crippen LogP contribution in [0.3, 0.4) is 0 Å². The highest BCUT2D eigenvalue weighted by Crippen LogP contribution is 2.32. The molecule has 2 amide bonds. The van der Waals surface area contributed by atoms with Gasteiger partial charge in [-0.25, -0.2) is 4.98 Å². The Bertz CT molecular complexity index is 967. The number of fused-ring (bicyclic) bond motifs is 2. The van der Waals surface area contributed by atoms with Gasteiger partial charge in [0.25, 0.3) is 5.91 Å². The number of ether oxygens (including phenoxy) is 2. The van der Waals surface area contributed by atoms with E-state index in [9.17, 15) is 14.7 Å². The van der Waals surface area contributed by atoms with E-state index in [4.69, 9.17) is 9.47 Å². The van der Waals surface area contributed by atoms with Crippen LogP contribution in [0.25, 0.3) is 0 Å². The van der Waals surface area contributed by atoms with Crippen molar-refractivity contribution >= 4 is 11.8 Å². The zero-order valence-electron chi connectivity index (χ0n) is 18.8.